The Morgan fingerprint density at radius 3 is 2.52 bits per heavy atom. The first-order valence-corrected chi connectivity index (χ1v) is 7.91. The molecular weight excluding hydrogens is 282 g/mol. The van der Waals surface area contributed by atoms with Crippen molar-refractivity contribution in [1.82, 2.24) is 9.55 Å². The zero-order valence-electron chi connectivity index (χ0n) is 14.0. The predicted octanol–water partition coefficient (Wildman–Crippen LogP) is 3.93. The smallest absolute Gasteiger partial charge is 0.238 e. The molecule has 4 aromatic rings. The molecule has 0 fully saturated rings. The van der Waals surface area contributed by atoms with Gasteiger partial charge < -0.3 is 0 Å². The van der Waals surface area contributed by atoms with E-state index in [2.05, 4.69) is 65.6 Å². The second kappa shape index (κ2) is 4.92. The minimum atomic E-state index is 0.949. The molecule has 0 unspecified atom stereocenters. The van der Waals surface area contributed by atoms with Crippen molar-refractivity contribution in [2.75, 3.05) is 0 Å². The van der Waals surface area contributed by atoms with Crippen molar-refractivity contribution in [3.63, 3.8) is 0 Å². The summed E-state index contributed by atoms with van der Waals surface area (Å²) in [5.41, 5.74) is 6.08. The molecule has 0 radical (unpaired) electrons. The Labute approximate surface area is 135 Å². The lowest BCUT2D eigenvalue weighted by Crippen LogP contribution is -2.35. The van der Waals surface area contributed by atoms with Crippen LogP contribution in [0.2, 0.25) is 0 Å². The summed E-state index contributed by atoms with van der Waals surface area (Å²) in [5, 5.41) is 2.56. The summed E-state index contributed by atoms with van der Waals surface area (Å²) in [5.74, 6) is 0.949. The second-order valence-corrected chi connectivity index (χ2v) is 6.24. The van der Waals surface area contributed by atoms with E-state index in [1.807, 2.05) is 20.0 Å². The molecule has 2 aromatic heterocycles. The minimum Gasteiger partial charge on any atom is -0.238 e. The molecule has 0 aliphatic carbocycles. The van der Waals surface area contributed by atoms with Crippen LogP contribution in [-0.4, -0.2) is 9.55 Å². The molecular formula is C20H20N3+. The predicted molar refractivity (Wildman–Crippen MR) is 94.0 cm³/mol. The van der Waals surface area contributed by atoms with Crippen molar-refractivity contribution < 1.29 is 4.57 Å². The van der Waals surface area contributed by atoms with Crippen molar-refractivity contribution in [2.45, 2.75) is 20.8 Å². The van der Waals surface area contributed by atoms with Gasteiger partial charge in [0.25, 0.3) is 0 Å². The molecule has 0 bridgehead atoms. The fraction of sp³-hybridized carbons (Fsp3) is 0.200. The number of aromatic nitrogens is 3. The maximum atomic E-state index is 4.81. The number of rotatable bonds is 1. The van der Waals surface area contributed by atoms with Gasteiger partial charge in [0.15, 0.2) is 0 Å². The van der Waals surface area contributed by atoms with Crippen molar-refractivity contribution in [3.05, 3.63) is 65.5 Å². The van der Waals surface area contributed by atoms with E-state index in [4.69, 9.17) is 4.98 Å². The first kappa shape index (κ1) is 13.9. The number of nitrogens with zero attached hydrogens (tertiary/aromatic N) is 3. The van der Waals surface area contributed by atoms with Gasteiger partial charge >= 0.3 is 5.95 Å². The van der Waals surface area contributed by atoms with Crippen molar-refractivity contribution >= 4 is 21.8 Å². The van der Waals surface area contributed by atoms with E-state index in [-0.39, 0.29) is 0 Å². The van der Waals surface area contributed by atoms with Gasteiger partial charge in [-0.1, -0.05) is 35.3 Å². The fourth-order valence-corrected chi connectivity index (χ4v) is 3.30. The van der Waals surface area contributed by atoms with Crippen LogP contribution in [0.25, 0.3) is 27.8 Å². The number of benzene rings is 2. The van der Waals surface area contributed by atoms with Gasteiger partial charge in [-0.15, -0.1) is 0 Å². The molecule has 0 spiro atoms. The van der Waals surface area contributed by atoms with Crippen LogP contribution in [-0.2, 0) is 7.05 Å². The number of hydrogen-bond donors (Lipinski definition) is 0. The molecule has 0 aliphatic rings. The molecule has 3 heteroatoms. The molecule has 0 atom stereocenters. The SMILES string of the molecule is Cc1cc[n+](C)c(-n2c3ccccc3c3ccc(C)c(C)c32)n1. The second-order valence-electron chi connectivity index (χ2n) is 6.24. The van der Waals surface area contributed by atoms with Crippen LogP contribution in [0.3, 0.4) is 0 Å². The van der Waals surface area contributed by atoms with Crippen LogP contribution in [0.1, 0.15) is 16.8 Å². The maximum Gasteiger partial charge on any atom is 0.403 e. The summed E-state index contributed by atoms with van der Waals surface area (Å²) in [6, 6.07) is 15.0. The molecule has 0 aliphatic heterocycles. The molecule has 23 heavy (non-hydrogen) atoms. The first-order chi connectivity index (χ1) is 11.1. The molecule has 2 aromatic carbocycles. The largest absolute Gasteiger partial charge is 0.403 e. The Balaban J connectivity index is 2.28. The van der Waals surface area contributed by atoms with Gasteiger partial charge in [0.05, 0.1) is 13.2 Å². The summed E-state index contributed by atoms with van der Waals surface area (Å²) in [4.78, 5) is 4.81. The lowest BCUT2D eigenvalue weighted by Gasteiger charge is -2.06. The van der Waals surface area contributed by atoms with Gasteiger partial charge in [0.1, 0.15) is 16.7 Å². The summed E-state index contributed by atoms with van der Waals surface area (Å²) in [7, 11) is 2.05. The highest BCUT2D eigenvalue weighted by Crippen LogP contribution is 2.33. The Kier molecular flexibility index (Phi) is 2.98. The van der Waals surface area contributed by atoms with Gasteiger partial charge in [0, 0.05) is 16.8 Å². The van der Waals surface area contributed by atoms with Crippen molar-refractivity contribution in [1.29, 1.82) is 0 Å². The van der Waals surface area contributed by atoms with Crippen LogP contribution in [0, 0.1) is 20.8 Å². The zero-order chi connectivity index (χ0) is 16.1. The average molecular weight is 302 g/mol. The molecule has 0 saturated heterocycles. The van der Waals surface area contributed by atoms with E-state index < -0.39 is 0 Å². The maximum absolute atomic E-state index is 4.81. The van der Waals surface area contributed by atoms with E-state index in [9.17, 15) is 0 Å². The topological polar surface area (TPSA) is 21.7 Å². The van der Waals surface area contributed by atoms with Gasteiger partial charge in [-0.25, -0.2) is 4.57 Å². The van der Waals surface area contributed by atoms with Crippen molar-refractivity contribution in [3.8, 4) is 5.95 Å². The fourth-order valence-electron chi connectivity index (χ4n) is 3.30. The lowest BCUT2D eigenvalue weighted by atomic mass is 10.1. The highest BCUT2D eigenvalue weighted by atomic mass is 15.2. The molecule has 0 amide bonds. The van der Waals surface area contributed by atoms with Crippen LogP contribution in [0.4, 0.5) is 0 Å². The van der Waals surface area contributed by atoms with Gasteiger partial charge in [-0.05, 0) is 38.0 Å². The van der Waals surface area contributed by atoms with Gasteiger partial charge in [0.2, 0.25) is 0 Å². The number of fused-ring (bicyclic) bond motifs is 3. The standard InChI is InChI=1S/C20H20N3/c1-13-9-10-17-16-7-5-6-8-18(16)23(19(17)15(13)3)20-21-14(2)11-12-22(20)4/h5-12H,1-4H3/q+1. The Morgan fingerprint density at radius 2 is 1.70 bits per heavy atom. The van der Waals surface area contributed by atoms with Crippen LogP contribution in [0.15, 0.2) is 48.7 Å². The number of aryl methyl sites for hydroxylation is 4. The van der Waals surface area contributed by atoms with Crippen LogP contribution in [0.5, 0.6) is 0 Å². The number of para-hydroxylation sites is 1. The first-order valence-electron chi connectivity index (χ1n) is 7.91. The third kappa shape index (κ3) is 1.96. The summed E-state index contributed by atoms with van der Waals surface area (Å²) in [6.07, 6.45) is 2.07. The average Bonchev–Trinajstić information content (AvgIpc) is 2.88. The van der Waals surface area contributed by atoms with E-state index in [1.165, 1.54) is 32.9 Å². The van der Waals surface area contributed by atoms with Crippen LogP contribution >= 0.6 is 0 Å². The molecule has 4 rings (SSSR count). The van der Waals surface area contributed by atoms with E-state index >= 15 is 0 Å². The molecule has 2 heterocycles. The summed E-state index contributed by atoms with van der Waals surface area (Å²) >= 11 is 0. The molecule has 114 valence electrons. The minimum absolute atomic E-state index is 0.949. The van der Waals surface area contributed by atoms with Gasteiger partial charge in [-0.3, -0.25) is 0 Å². The quantitative estimate of drug-likeness (QED) is 0.488. The Bertz CT molecular complexity index is 1060. The monoisotopic (exact) mass is 302 g/mol. The normalized spacial score (nSPS) is 11.5. The molecule has 0 saturated carbocycles. The summed E-state index contributed by atoms with van der Waals surface area (Å²) in [6.45, 7) is 6.40. The Hall–Kier alpha value is -2.68. The summed E-state index contributed by atoms with van der Waals surface area (Å²) < 4.78 is 4.38. The highest BCUT2D eigenvalue weighted by Gasteiger charge is 2.23. The third-order valence-corrected chi connectivity index (χ3v) is 4.69. The van der Waals surface area contributed by atoms with E-state index in [1.54, 1.807) is 0 Å². The Morgan fingerprint density at radius 1 is 0.913 bits per heavy atom. The van der Waals surface area contributed by atoms with E-state index in [0.717, 1.165) is 11.6 Å². The molecule has 0 N–H and O–H groups in total. The molecule has 3 nitrogen and oxygen atoms in total. The van der Waals surface area contributed by atoms with Gasteiger partial charge in [-0.2, -0.15) is 4.57 Å². The zero-order valence-corrected chi connectivity index (χ0v) is 14.0. The van der Waals surface area contributed by atoms with Crippen molar-refractivity contribution in [2.24, 2.45) is 7.05 Å². The number of hydrogen-bond acceptors (Lipinski definition) is 1. The van der Waals surface area contributed by atoms with Crippen LogP contribution < -0.4 is 4.57 Å². The lowest BCUT2D eigenvalue weighted by molar-refractivity contribution is -0.668. The highest BCUT2D eigenvalue weighted by molar-refractivity contribution is 6.10. The third-order valence-electron chi connectivity index (χ3n) is 4.69. The van der Waals surface area contributed by atoms with E-state index in [0.29, 0.717) is 0 Å².